The molecule has 2 rings (SSSR count). The molecule has 0 aliphatic carbocycles. The SMILES string of the molecule is CCOc1cc([C@H](N)[C@H](O)Cc2ccccc2)cc(Br)c1O.Cl. The van der Waals surface area contributed by atoms with E-state index in [0.717, 1.165) is 5.56 Å². The summed E-state index contributed by atoms with van der Waals surface area (Å²) in [5, 5.41) is 20.3. The minimum atomic E-state index is -0.728. The van der Waals surface area contributed by atoms with Gasteiger partial charge in [-0.15, -0.1) is 12.4 Å². The van der Waals surface area contributed by atoms with Gasteiger partial charge in [-0.2, -0.15) is 0 Å². The Morgan fingerprint density at radius 2 is 1.87 bits per heavy atom. The van der Waals surface area contributed by atoms with E-state index in [4.69, 9.17) is 10.5 Å². The molecule has 6 heteroatoms. The highest BCUT2D eigenvalue weighted by Gasteiger charge is 2.20. The molecular formula is C17H21BrClNO3. The van der Waals surface area contributed by atoms with Crippen molar-refractivity contribution in [3.8, 4) is 11.5 Å². The Labute approximate surface area is 150 Å². The molecule has 0 saturated heterocycles. The highest BCUT2D eigenvalue weighted by atomic mass is 79.9. The van der Waals surface area contributed by atoms with Crippen molar-refractivity contribution in [2.45, 2.75) is 25.5 Å². The maximum absolute atomic E-state index is 10.4. The summed E-state index contributed by atoms with van der Waals surface area (Å²) in [6, 6.07) is 12.5. The van der Waals surface area contributed by atoms with Crippen molar-refractivity contribution < 1.29 is 14.9 Å². The summed E-state index contributed by atoms with van der Waals surface area (Å²) in [6.45, 7) is 2.27. The Kier molecular flexibility index (Phi) is 7.85. The fourth-order valence-corrected chi connectivity index (χ4v) is 2.72. The van der Waals surface area contributed by atoms with Crippen LogP contribution in [0.1, 0.15) is 24.1 Å². The van der Waals surface area contributed by atoms with Gasteiger partial charge in [0, 0.05) is 6.42 Å². The van der Waals surface area contributed by atoms with Crippen LogP contribution in [0.3, 0.4) is 0 Å². The van der Waals surface area contributed by atoms with Gasteiger partial charge in [-0.25, -0.2) is 0 Å². The fraction of sp³-hybridized carbons (Fsp3) is 0.294. The Morgan fingerprint density at radius 1 is 1.22 bits per heavy atom. The molecule has 0 heterocycles. The lowest BCUT2D eigenvalue weighted by Gasteiger charge is -2.21. The van der Waals surface area contributed by atoms with Gasteiger partial charge in [0.1, 0.15) is 0 Å². The smallest absolute Gasteiger partial charge is 0.172 e. The van der Waals surface area contributed by atoms with Crippen molar-refractivity contribution in [1.82, 2.24) is 0 Å². The number of aromatic hydroxyl groups is 1. The number of rotatable bonds is 6. The highest BCUT2D eigenvalue weighted by molar-refractivity contribution is 9.10. The molecule has 2 atom stereocenters. The van der Waals surface area contributed by atoms with Crippen molar-refractivity contribution in [2.75, 3.05) is 6.61 Å². The average molecular weight is 403 g/mol. The number of hydrogen-bond donors (Lipinski definition) is 3. The van der Waals surface area contributed by atoms with Crippen molar-refractivity contribution in [3.63, 3.8) is 0 Å². The molecule has 4 nitrogen and oxygen atoms in total. The molecule has 0 aliphatic rings. The molecule has 0 bridgehead atoms. The minimum absolute atomic E-state index is 0. The van der Waals surface area contributed by atoms with Crippen LogP contribution in [0, 0.1) is 0 Å². The summed E-state index contributed by atoms with van der Waals surface area (Å²) in [5.74, 6) is 0.393. The average Bonchev–Trinajstić information content (AvgIpc) is 2.52. The monoisotopic (exact) mass is 401 g/mol. The van der Waals surface area contributed by atoms with Gasteiger partial charge in [-0.3, -0.25) is 0 Å². The number of aliphatic hydroxyl groups excluding tert-OH is 1. The van der Waals surface area contributed by atoms with Crippen LogP contribution in [0.5, 0.6) is 11.5 Å². The van der Waals surface area contributed by atoms with E-state index in [0.29, 0.717) is 28.8 Å². The number of phenols is 1. The Morgan fingerprint density at radius 3 is 2.48 bits per heavy atom. The van der Waals surface area contributed by atoms with Crippen LogP contribution in [0.4, 0.5) is 0 Å². The molecule has 0 aromatic heterocycles. The maximum atomic E-state index is 10.4. The van der Waals surface area contributed by atoms with E-state index in [-0.39, 0.29) is 18.2 Å². The van der Waals surface area contributed by atoms with Crippen molar-refractivity contribution in [1.29, 1.82) is 0 Å². The Hall–Kier alpha value is -1.27. The number of aliphatic hydroxyl groups is 1. The molecule has 2 aromatic carbocycles. The van der Waals surface area contributed by atoms with E-state index in [1.807, 2.05) is 37.3 Å². The second-order valence-corrected chi connectivity index (χ2v) is 5.92. The van der Waals surface area contributed by atoms with Crippen LogP contribution in [0.2, 0.25) is 0 Å². The zero-order valence-corrected chi connectivity index (χ0v) is 15.2. The lowest BCUT2D eigenvalue weighted by Crippen LogP contribution is -2.28. The second kappa shape index (κ2) is 9.13. The lowest BCUT2D eigenvalue weighted by atomic mass is 9.96. The number of ether oxygens (including phenoxy) is 1. The first kappa shape index (κ1) is 19.8. The molecule has 23 heavy (non-hydrogen) atoms. The second-order valence-electron chi connectivity index (χ2n) is 5.07. The molecule has 0 amide bonds. The predicted molar refractivity (Wildman–Crippen MR) is 97.3 cm³/mol. The van der Waals surface area contributed by atoms with Crippen LogP contribution in [0.15, 0.2) is 46.9 Å². The third-order valence-electron chi connectivity index (χ3n) is 3.44. The number of halogens is 2. The van der Waals surface area contributed by atoms with Crippen molar-refractivity contribution in [3.05, 3.63) is 58.1 Å². The van der Waals surface area contributed by atoms with E-state index in [1.54, 1.807) is 12.1 Å². The number of hydrogen-bond acceptors (Lipinski definition) is 4. The van der Waals surface area contributed by atoms with E-state index >= 15 is 0 Å². The molecule has 0 spiro atoms. The van der Waals surface area contributed by atoms with Crippen LogP contribution < -0.4 is 10.5 Å². The predicted octanol–water partition coefficient (Wildman–Crippen LogP) is 3.58. The quantitative estimate of drug-likeness (QED) is 0.690. The minimum Gasteiger partial charge on any atom is -0.503 e. The number of nitrogens with two attached hydrogens (primary N) is 1. The summed E-state index contributed by atoms with van der Waals surface area (Å²) in [6.07, 6.45) is -0.266. The third-order valence-corrected chi connectivity index (χ3v) is 4.04. The van der Waals surface area contributed by atoms with Gasteiger partial charge in [0.05, 0.1) is 23.2 Å². The van der Waals surface area contributed by atoms with Crippen LogP contribution >= 0.6 is 28.3 Å². The van der Waals surface area contributed by atoms with Crippen molar-refractivity contribution >= 4 is 28.3 Å². The van der Waals surface area contributed by atoms with Gasteiger partial charge < -0.3 is 20.7 Å². The van der Waals surface area contributed by atoms with E-state index in [1.165, 1.54) is 0 Å². The van der Waals surface area contributed by atoms with Gasteiger partial charge in [0.25, 0.3) is 0 Å². The van der Waals surface area contributed by atoms with Gasteiger partial charge in [0.15, 0.2) is 11.5 Å². The molecular weight excluding hydrogens is 382 g/mol. The van der Waals surface area contributed by atoms with E-state index < -0.39 is 12.1 Å². The lowest BCUT2D eigenvalue weighted by molar-refractivity contribution is 0.145. The molecule has 0 unspecified atom stereocenters. The molecule has 0 fully saturated rings. The van der Waals surface area contributed by atoms with Gasteiger partial charge in [-0.1, -0.05) is 30.3 Å². The summed E-state index contributed by atoms with van der Waals surface area (Å²) in [5.41, 5.74) is 7.89. The highest BCUT2D eigenvalue weighted by Crippen LogP contribution is 2.37. The number of benzene rings is 2. The molecule has 2 aromatic rings. The first-order valence-corrected chi connectivity index (χ1v) is 7.95. The maximum Gasteiger partial charge on any atom is 0.172 e. The van der Waals surface area contributed by atoms with Gasteiger partial charge in [0.2, 0.25) is 0 Å². The topological polar surface area (TPSA) is 75.7 Å². The van der Waals surface area contributed by atoms with E-state index in [2.05, 4.69) is 15.9 Å². The molecule has 4 N–H and O–H groups in total. The zero-order chi connectivity index (χ0) is 16.1. The van der Waals surface area contributed by atoms with Crippen LogP contribution in [-0.2, 0) is 6.42 Å². The standard InChI is InChI=1S/C17H20BrNO3.ClH/c1-2-22-15-10-12(9-13(18)17(15)21)16(19)14(20)8-11-6-4-3-5-7-11;/h3-7,9-10,14,16,20-21H,2,8,19H2,1H3;1H/t14-,16+;/m1./s1. The van der Waals surface area contributed by atoms with E-state index in [9.17, 15) is 10.2 Å². The summed E-state index contributed by atoms with van der Waals surface area (Å²) in [4.78, 5) is 0. The van der Waals surface area contributed by atoms with Crippen LogP contribution in [-0.4, -0.2) is 22.9 Å². The van der Waals surface area contributed by atoms with Crippen molar-refractivity contribution in [2.24, 2.45) is 5.73 Å². The largest absolute Gasteiger partial charge is 0.503 e. The zero-order valence-electron chi connectivity index (χ0n) is 12.8. The summed E-state index contributed by atoms with van der Waals surface area (Å²) >= 11 is 3.28. The molecule has 0 radical (unpaired) electrons. The molecule has 0 aliphatic heterocycles. The van der Waals surface area contributed by atoms with Gasteiger partial charge >= 0.3 is 0 Å². The molecule has 0 saturated carbocycles. The molecule has 126 valence electrons. The first-order valence-electron chi connectivity index (χ1n) is 7.15. The summed E-state index contributed by atoms with van der Waals surface area (Å²) < 4.78 is 5.89. The van der Waals surface area contributed by atoms with Crippen LogP contribution in [0.25, 0.3) is 0 Å². The Balaban J connectivity index is 0.00000264. The fourth-order valence-electron chi connectivity index (χ4n) is 2.26. The van der Waals surface area contributed by atoms with Gasteiger partial charge in [-0.05, 0) is 46.1 Å². The number of phenolic OH excluding ortho intramolecular Hbond substituents is 1. The Bertz CT molecular complexity index is 625. The normalized spacial score (nSPS) is 13.0. The first-order chi connectivity index (χ1) is 10.5. The third kappa shape index (κ3) is 5.11. The summed E-state index contributed by atoms with van der Waals surface area (Å²) in [7, 11) is 0.